The largest absolute Gasteiger partial charge is 0.356 e. The lowest BCUT2D eigenvalue weighted by Crippen LogP contribution is -2.50. The summed E-state index contributed by atoms with van der Waals surface area (Å²) in [6.07, 6.45) is 5.05. The lowest BCUT2D eigenvalue weighted by Gasteiger charge is -2.23. The first-order valence-electron chi connectivity index (χ1n) is 11.8. The zero-order valence-corrected chi connectivity index (χ0v) is 19.5. The first kappa shape index (κ1) is 24.2. The Labute approximate surface area is 203 Å². The Bertz CT molecular complexity index is 1200. The van der Waals surface area contributed by atoms with Crippen molar-refractivity contribution in [2.24, 2.45) is 5.92 Å². The predicted octanol–water partition coefficient (Wildman–Crippen LogP) is 3.24. The second-order valence-electron chi connectivity index (χ2n) is 8.78. The highest BCUT2D eigenvalue weighted by Crippen LogP contribution is 2.18. The SMILES string of the molecule is C/C=C/C(CC1CCNC1=O)NC(=O)C(Cc1ccc(F)cc1)NC(=O)c1cc2ccccc2[nH]1. The Balaban J connectivity index is 1.52. The third-order valence-electron chi connectivity index (χ3n) is 6.20. The van der Waals surface area contributed by atoms with Crippen molar-refractivity contribution in [1.82, 2.24) is 20.9 Å². The molecule has 4 N–H and O–H groups in total. The molecule has 3 unspecified atom stereocenters. The first-order valence-corrected chi connectivity index (χ1v) is 11.8. The molecule has 8 heteroatoms. The lowest BCUT2D eigenvalue weighted by atomic mass is 9.97. The fourth-order valence-electron chi connectivity index (χ4n) is 4.37. The summed E-state index contributed by atoms with van der Waals surface area (Å²) in [6, 6.07) is 13.8. The van der Waals surface area contributed by atoms with Crippen LogP contribution in [0.5, 0.6) is 0 Å². The number of carbonyl (C=O) groups excluding carboxylic acids is 3. The number of amides is 3. The standard InChI is InChI=1S/C27H29FN4O3/c1-2-5-21(15-19-12-13-29-25(19)33)30-26(34)23(14-17-8-10-20(28)11-9-17)32-27(35)24-16-18-6-3-4-7-22(18)31-24/h2-11,16,19,21,23,31H,12-15H2,1H3,(H,29,33)(H,30,34)(H,32,35)/b5-2+. The molecular formula is C27H29FN4O3. The fourth-order valence-corrected chi connectivity index (χ4v) is 4.37. The van der Waals surface area contributed by atoms with Gasteiger partial charge in [0.05, 0.1) is 0 Å². The van der Waals surface area contributed by atoms with Gasteiger partial charge in [-0.25, -0.2) is 4.39 Å². The molecule has 1 aromatic heterocycles. The molecule has 3 amide bonds. The van der Waals surface area contributed by atoms with Crippen molar-refractivity contribution in [3.8, 4) is 0 Å². The zero-order valence-electron chi connectivity index (χ0n) is 19.5. The number of hydrogen-bond acceptors (Lipinski definition) is 3. The van der Waals surface area contributed by atoms with E-state index in [0.717, 1.165) is 17.3 Å². The molecule has 0 spiro atoms. The number of allylic oxidation sites excluding steroid dienone is 1. The maximum absolute atomic E-state index is 13.4. The van der Waals surface area contributed by atoms with Gasteiger partial charge in [-0.3, -0.25) is 14.4 Å². The number of halogens is 1. The van der Waals surface area contributed by atoms with Crippen LogP contribution in [-0.2, 0) is 16.0 Å². The van der Waals surface area contributed by atoms with Crippen LogP contribution in [0.1, 0.15) is 35.8 Å². The van der Waals surface area contributed by atoms with E-state index in [1.807, 2.05) is 43.3 Å². The highest BCUT2D eigenvalue weighted by Gasteiger charge is 2.29. The number of benzene rings is 2. The van der Waals surface area contributed by atoms with Crippen molar-refractivity contribution in [3.63, 3.8) is 0 Å². The number of hydrogen-bond donors (Lipinski definition) is 4. The third-order valence-corrected chi connectivity index (χ3v) is 6.20. The van der Waals surface area contributed by atoms with E-state index in [1.165, 1.54) is 12.1 Å². The van der Waals surface area contributed by atoms with Crippen LogP contribution in [0.15, 0.2) is 66.7 Å². The molecule has 0 saturated carbocycles. The minimum atomic E-state index is -0.899. The van der Waals surface area contributed by atoms with E-state index in [0.29, 0.717) is 24.2 Å². The first-order chi connectivity index (χ1) is 16.9. The molecule has 7 nitrogen and oxygen atoms in total. The molecule has 3 atom stereocenters. The van der Waals surface area contributed by atoms with E-state index in [9.17, 15) is 18.8 Å². The number of aromatic amines is 1. The number of fused-ring (bicyclic) bond motifs is 1. The smallest absolute Gasteiger partial charge is 0.268 e. The summed E-state index contributed by atoms with van der Waals surface area (Å²) in [5.41, 5.74) is 1.87. The van der Waals surface area contributed by atoms with Crippen LogP contribution < -0.4 is 16.0 Å². The van der Waals surface area contributed by atoms with Crippen molar-refractivity contribution >= 4 is 28.6 Å². The second-order valence-corrected chi connectivity index (χ2v) is 8.78. The van der Waals surface area contributed by atoms with Crippen LogP contribution in [-0.4, -0.2) is 41.3 Å². The Kier molecular flexibility index (Phi) is 7.60. The molecule has 1 aliphatic heterocycles. The van der Waals surface area contributed by atoms with Gasteiger partial charge in [-0.05, 0) is 49.6 Å². The molecule has 182 valence electrons. The van der Waals surface area contributed by atoms with Crippen LogP contribution in [0, 0.1) is 11.7 Å². The summed E-state index contributed by atoms with van der Waals surface area (Å²) < 4.78 is 13.4. The summed E-state index contributed by atoms with van der Waals surface area (Å²) in [6.45, 7) is 2.48. The Hall–Kier alpha value is -3.94. The highest BCUT2D eigenvalue weighted by atomic mass is 19.1. The van der Waals surface area contributed by atoms with Crippen molar-refractivity contribution in [2.45, 2.75) is 38.3 Å². The molecule has 2 heterocycles. The number of aromatic nitrogens is 1. The summed E-state index contributed by atoms with van der Waals surface area (Å²) in [7, 11) is 0. The summed E-state index contributed by atoms with van der Waals surface area (Å²) in [4.78, 5) is 41.5. The van der Waals surface area contributed by atoms with Crippen LogP contribution in [0.2, 0.25) is 0 Å². The van der Waals surface area contributed by atoms with Gasteiger partial charge in [0, 0.05) is 35.8 Å². The number of nitrogens with one attached hydrogen (secondary N) is 4. The van der Waals surface area contributed by atoms with E-state index in [-0.39, 0.29) is 36.0 Å². The highest BCUT2D eigenvalue weighted by molar-refractivity contribution is 6.00. The molecule has 1 aliphatic rings. The molecule has 3 aromatic rings. The summed E-state index contributed by atoms with van der Waals surface area (Å²) in [5.74, 6) is -1.35. The number of rotatable bonds is 9. The fraction of sp³-hybridized carbons (Fsp3) is 0.296. The molecule has 2 aromatic carbocycles. The van der Waals surface area contributed by atoms with Crippen LogP contribution in [0.25, 0.3) is 10.9 Å². The van der Waals surface area contributed by atoms with E-state index in [2.05, 4.69) is 20.9 Å². The summed E-state index contributed by atoms with van der Waals surface area (Å²) >= 11 is 0. The topological polar surface area (TPSA) is 103 Å². The Morgan fingerprint density at radius 3 is 2.60 bits per heavy atom. The molecular weight excluding hydrogens is 447 g/mol. The van der Waals surface area contributed by atoms with Crippen molar-refractivity contribution < 1.29 is 18.8 Å². The molecule has 35 heavy (non-hydrogen) atoms. The van der Waals surface area contributed by atoms with Gasteiger partial charge in [0.25, 0.3) is 5.91 Å². The third kappa shape index (κ3) is 6.15. The molecule has 4 rings (SSSR count). The van der Waals surface area contributed by atoms with Crippen LogP contribution in [0.4, 0.5) is 4.39 Å². The Morgan fingerprint density at radius 2 is 1.91 bits per heavy atom. The van der Waals surface area contributed by atoms with E-state index >= 15 is 0 Å². The average molecular weight is 477 g/mol. The van der Waals surface area contributed by atoms with Gasteiger partial charge in [-0.1, -0.05) is 42.5 Å². The van der Waals surface area contributed by atoms with E-state index < -0.39 is 11.9 Å². The summed E-state index contributed by atoms with van der Waals surface area (Å²) in [5, 5.41) is 9.51. The number of H-pyrrole nitrogens is 1. The average Bonchev–Trinajstić information content (AvgIpc) is 3.46. The Morgan fingerprint density at radius 1 is 1.14 bits per heavy atom. The van der Waals surface area contributed by atoms with Crippen molar-refractivity contribution in [3.05, 3.63) is 83.8 Å². The van der Waals surface area contributed by atoms with Gasteiger partial charge in [-0.2, -0.15) is 0 Å². The van der Waals surface area contributed by atoms with Crippen molar-refractivity contribution in [1.29, 1.82) is 0 Å². The van der Waals surface area contributed by atoms with Crippen LogP contribution in [0.3, 0.4) is 0 Å². The van der Waals surface area contributed by atoms with Gasteiger partial charge in [0.2, 0.25) is 11.8 Å². The minimum Gasteiger partial charge on any atom is -0.356 e. The maximum Gasteiger partial charge on any atom is 0.268 e. The number of para-hydroxylation sites is 1. The molecule has 0 bridgehead atoms. The van der Waals surface area contributed by atoms with Gasteiger partial charge >= 0.3 is 0 Å². The molecule has 0 radical (unpaired) electrons. The van der Waals surface area contributed by atoms with Gasteiger partial charge in [0.1, 0.15) is 17.6 Å². The maximum atomic E-state index is 13.4. The number of carbonyl (C=O) groups is 3. The molecule has 0 aliphatic carbocycles. The van der Waals surface area contributed by atoms with Crippen molar-refractivity contribution in [2.75, 3.05) is 6.54 Å². The van der Waals surface area contributed by atoms with E-state index in [4.69, 9.17) is 0 Å². The minimum absolute atomic E-state index is 0.0104. The molecule has 1 saturated heterocycles. The predicted molar refractivity (Wildman–Crippen MR) is 132 cm³/mol. The monoisotopic (exact) mass is 476 g/mol. The van der Waals surface area contributed by atoms with Crippen LogP contribution >= 0.6 is 0 Å². The molecule has 1 fully saturated rings. The van der Waals surface area contributed by atoms with Gasteiger partial charge < -0.3 is 20.9 Å². The lowest BCUT2D eigenvalue weighted by molar-refractivity contribution is -0.125. The second kappa shape index (κ2) is 11.0. The zero-order chi connectivity index (χ0) is 24.8. The van der Waals surface area contributed by atoms with E-state index in [1.54, 1.807) is 18.2 Å². The van der Waals surface area contributed by atoms with Gasteiger partial charge in [0.15, 0.2) is 0 Å². The normalized spacial score (nSPS) is 17.3. The van der Waals surface area contributed by atoms with Gasteiger partial charge in [-0.15, -0.1) is 0 Å². The quantitative estimate of drug-likeness (QED) is 0.357.